The van der Waals surface area contributed by atoms with E-state index in [1.807, 2.05) is 0 Å². The van der Waals surface area contributed by atoms with E-state index in [1.54, 1.807) is 29.2 Å². The first-order chi connectivity index (χ1) is 11.6. The van der Waals surface area contributed by atoms with Gasteiger partial charge in [-0.15, -0.1) is 5.10 Å². The van der Waals surface area contributed by atoms with Gasteiger partial charge in [-0.25, -0.2) is 4.68 Å². The summed E-state index contributed by atoms with van der Waals surface area (Å²) in [4.78, 5) is 37.7. The number of aromatic nitrogens is 3. The van der Waals surface area contributed by atoms with Crippen LogP contribution in [0.5, 0.6) is 0 Å². The summed E-state index contributed by atoms with van der Waals surface area (Å²) < 4.78 is 1.17. The Morgan fingerprint density at radius 2 is 1.92 bits per heavy atom. The zero-order valence-corrected chi connectivity index (χ0v) is 13.3. The summed E-state index contributed by atoms with van der Waals surface area (Å²) in [6.07, 6.45) is 2.10. The van der Waals surface area contributed by atoms with E-state index in [1.165, 1.54) is 4.68 Å². The van der Waals surface area contributed by atoms with Gasteiger partial charge in [0.25, 0.3) is 5.56 Å². The van der Waals surface area contributed by atoms with E-state index in [4.69, 9.17) is 0 Å². The summed E-state index contributed by atoms with van der Waals surface area (Å²) in [7, 11) is 0. The minimum absolute atomic E-state index is 0.00285. The number of nitrogens with one attached hydrogen (secondary N) is 1. The Morgan fingerprint density at radius 1 is 1.17 bits per heavy atom. The SMILES string of the molecule is O=C(CCn1nnc2ccccc2c1=O)NCC(=O)N1CCCC1. The molecule has 3 rings (SSSR count). The molecule has 1 aliphatic rings. The molecule has 1 N–H and O–H groups in total. The Labute approximate surface area is 138 Å². The highest BCUT2D eigenvalue weighted by Crippen LogP contribution is 2.06. The number of likely N-dealkylation sites (tertiary alicyclic amines) is 1. The molecule has 1 aromatic carbocycles. The molecule has 8 heteroatoms. The van der Waals surface area contributed by atoms with Gasteiger partial charge in [0.15, 0.2) is 0 Å². The maximum atomic E-state index is 12.2. The van der Waals surface area contributed by atoms with Crippen LogP contribution >= 0.6 is 0 Å². The van der Waals surface area contributed by atoms with Gasteiger partial charge < -0.3 is 10.2 Å². The lowest BCUT2D eigenvalue weighted by Gasteiger charge is -2.15. The summed E-state index contributed by atoms with van der Waals surface area (Å²) in [6.45, 7) is 1.64. The molecule has 2 heterocycles. The quantitative estimate of drug-likeness (QED) is 0.827. The Morgan fingerprint density at radius 3 is 2.71 bits per heavy atom. The average Bonchev–Trinajstić information content (AvgIpc) is 3.14. The predicted molar refractivity (Wildman–Crippen MR) is 87.2 cm³/mol. The summed E-state index contributed by atoms with van der Waals surface area (Å²) >= 11 is 0. The molecule has 0 radical (unpaired) electrons. The highest BCUT2D eigenvalue weighted by Gasteiger charge is 2.18. The fourth-order valence-corrected chi connectivity index (χ4v) is 2.72. The Kier molecular flexibility index (Phi) is 4.83. The predicted octanol–water partition coefficient (Wildman–Crippen LogP) is -0.0798. The molecule has 0 atom stereocenters. The number of carbonyl (C=O) groups is 2. The normalized spacial score (nSPS) is 14.1. The van der Waals surface area contributed by atoms with Gasteiger partial charge >= 0.3 is 0 Å². The summed E-state index contributed by atoms with van der Waals surface area (Å²) in [5.74, 6) is -0.354. The molecule has 24 heavy (non-hydrogen) atoms. The van der Waals surface area contributed by atoms with Crippen molar-refractivity contribution in [1.82, 2.24) is 25.2 Å². The van der Waals surface area contributed by atoms with Crippen molar-refractivity contribution in [1.29, 1.82) is 0 Å². The lowest BCUT2D eigenvalue weighted by atomic mass is 10.2. The molecule has 0 unspecified atom stereocenters. The molecule has 8 nitrogen and oxygen atoms in total. The van der Waals surface area contributed by atoms with Crippen LogP contribution in [-0.2, 0) is 16.1 Å². The lowest BCUT2D eigenvalue weighted by Crippen LogP contribution is -2.39. The molecular formula is C16H19N5O3. The van der Waals surface area contributed by atoms with Gasteiger partial charge in [-0.2, -0.15) is 0 Å². The smallest absolute Gasteiger partial charge is 0.277 e. The number of benzene rings is 1. The van der Waals surface area contributed by atoms with Crippen molar-refractivity contribution in [3.05, 3.63) is 34.6 Å². The van der Waals surface area contributed by atoms with Gasteiger partial charge in [0.2, 0.25) is 11.8 Å². The van der Waals surface area contributed by atoms with Crippen LogP contribution in [0.2, 0.25) is 0 Å². The van der Waals surface area contributed by atoms with Crippen LogP contribution in [0, 0.1) is 0 Å². The van der Waals surface area contributed by atoms with Crippen LogP contribution in [0.15, 0.2) is 29.1 Å². The van der Waals surface area contributed by atoms with Crippen LogP contribution in [0.1, 0.15) is 19.3 Å². The lowest BCUT2D eigenvalue weighted by molar-refractivity contribution is -0.132. The molecular weight excluding hydrogens is 310 g/mol. The van der Waals surface area contributed by atoms with E-state index >= 15 is 0 Å². The van der Waals surface area contributed by atoms with E-state index in [0.29, 0.717) is 10.9 Å². The summed E-state index contributed by atoms with van der Waals surface area (Å²) in [5, 5.41) is 10.9. The van der Waals surface area contributed by atoms with Gasteiger partial charge in [0.05, 0.1) is 18.5 Å². The summed E-state index contributed by atoms with van der Waals surface area (Å²) in [6, 6.07) is 6.93. The molecule has 0 spiro atoms. The van der Waals surface area contributed by atoms with Crippen molar-refractivity contribution in [3.63, 3.8) is 0 Å². The maximum Gasteiger partial charge on any atom is 0.277 e. The second-order valence-electron chi connectivity index (χ2n) is 5.75. The Balaban J connectivity index is 1.53. The second-order valence-corrected chi connectivity index (χ2v) is 5.75. The highest BCUT2D eigenvalue weighted by atomic mass is 16.2. The molecule has 2 amide bonds. The van der Waals surface area contributed by atoms with E-state index in [9.17, 15) is 14.4 Å². The van der Waals surface area contributed by atoms with Gasteiger partial charge in [0, 0.05) is 19.5 Å². The number of hydrogen-bond acceptors (Lipinski definition) is 5. The number of aryl methyl sites for hydroxylation is 1. The first kappa shape index (κ1) is 16.1. The fourth-order valence-electron chi connectivity index (χ4n) is 2.72. The van der Waals surface area contributed by atoms with Crippen LogP contribution in [-0.4, -0.2) is 51.3 Å². The van der Waals surface area contributed by atoms with Crippen molar-refractivity contribution in [2.24, 2.45) is 0 Å². The van der Waals surface area contributed by atoms with E-state index < -0.39 is 0 Å². The number of hydrogen-bond donors (Lipinski definition) is 1. The van der Waals surface area contributed by atoms with E-state index in [-0.39, 0.29) is 36.9 Å². The van der Waals surface area contributed by atoms with E-state index in [0.717, 1.165) is 25.9 Å². The molecule has 1 fully saturated rings. The van der Waals surface area contributed by atoms with Crippen molar-refractivity contribution < 1.29 is 9.59 Å². The first-order valence-corrected chi connectivity index (χ1v) is 8.02. The monoisotopic (exact) mass is 329 g/mol. The Hall–Kier alpha value is -2.77. The molecule has 1 aromatic heterocycles. The van der Waals surface area contributed by atoms with Crippen LogP contribution < -0.4 is 10.9 Å². The number of amides is 2. The summed E-state index contributed by atoms with van der Waals surface area (Å²) in [5.41, 5.74) is 0.251. The number of fused-ring (bicyclic) bond motifs is 1. The van der Waals surface area contributed by atoms with Crippen molar-refractivity contribution in [2.75, 3.05) is 19.6 Å². The fraction of sp³-hybridized carbons (Fsp3) is 0.438. The first-order valence-electron chi connectivity index (χ1n) is 8.02. The largest absolute Gasteiger partial charge is 0.347 e. The molecule has 1 aliphatic heterocycles. The van der Waals surface area contributed by atoms with Gasteiger partial charge in [-0.3, -0.25) is 14.4 Å². The maximum absolute atomic E-state index is 12.2. The number of nitrogens with zero attached hydrogens (tertiary/aromatic N) is 4. The van der Waals surface area contributed by atoms with Crippen molar-refractivity contribution in [3.8, 4) is 0 Å². The third kappa shape index (κ3) is 3.58. The molecule has 0 bridgehead atoms. The molecule has 0 saturated carbocycles. The van der Waals surface area contributed by atoms with Crippen LogP contribution in [0.4, 0.5) is 0 Å². The van der Waals surface area contributed by atoms with Gasteiger partial charge in [-0.05, 0) is 25.0 Å². The van der Waals surface area contributed by atoms with Crippen molar-refractivity contribution in [2.45, 2.75) is 25.8 Å². The third-order valence-electron chi connectivity index (χ3n) is 4.08. The average molecular weight is 329 g/mol. The van der Waals surface area contributed by atoms with Crippen molar-refractivity contribution >= 4 is 22.7 Å². The topological polar surface area (TPSA) is 97.2 Å². The molecule has 1 saturated heterocycles. The minimum atomic E-state index is -0.288. The molecule has 0 aliphatic carbocycles. The zero-order chi connectivity index (χ0) is 16.9. The molecule has 126 valence electrons. The van der Waals surface area contributed by atoms with Crippen LogP contribution in [0.3, 0.4) is 0 Å². The molecule has 2 aromatic rings. The second kappa shape index (κ2) is 7.20. The van der Waals surface area contributed by atoms with Gasteiger partial charge in [0.1, 0.15) is 5.52 Å². The third-order valence-corrected chi connectivity index (χ3v) is 4.08. The van der Waals surface area contributed by atoms with E-state index in [2.05, 4.69) is 15.6 Å². The Bertz CT molecular complexity index is 811. The van der Waals surface area contributed by atoms with Crippen LogP contribution in [0.25, 0.3) is 10.9 Å². The number of rotatable bonds is 5. The highest BCUT2D eigenvalue weighted by molar-refractivity contribution is 5.84. The zero-order valence-electron chi connectivity index (χ0n) is 13.3. The standard InChI is InChI=1S/C16H19N5O3/c22-14(17-11-15(23)20-8-3-4-9-20)7-10-21-16(24)12-5-1-2-6-13(12)18-19-21/h1-2,5-6H,3-4,7-11H2,(H,17,22). The van der Waals surface area contributed by atoms with Gasteiger partial charge in [-0.1, -0.05) is 17.3 Å². The minimum Gasteiger partial charge on any atom is -0.347 e. The number of carbonyl (C=O) groups excluding carboxylic acids is 2.